The van der Waals surface area contributed by atoms with Crippen LogP contribution in [0.4, 0.5) is 0 Å². The summed E-state index contributed by atoms with van der Waals surface area (Å²) in [7, 11) is 0. The molecule has 10 nitrogen and oxygen atoms in total. The monoisotopic (exact) mass is 1440 g/mol. The van der Waals surface area contributed by atoms with E-state index in [1.807, 2.05) is 54.6 Å². The van der Waals surface area contributed by atoms with Crippen molar-refractivity contribution in [2.24, 2.45) is 0 Å². The van der Waals surface area contributed by atoms with E-state index >= 15 is 0 Å². The summed E-state index contributed by atoms with van der Waals surface area (Å²) in [6, 6.07) is 128. The van der Waals surface area contributed by atoms with Gasteiger partial charge in [-0.2, -0.15) is 0 Å². The van der Waals surface area contributed by atoms with E-state index in [9.17, 15) is 0 Å². The minimum atomic E-state index is 0.573. The van der Waals surface area contributed by atoms with Gasteiger partial charge in [0, 0.05) is 96.2 Å². The molecule has 12 heteroatoms. The number of hydrogen-bond acceptors (Lipinski definition) is 10. The SMILES string of the molecule is c1ccc(-c2nc(-c3cccc(-c4cccc(-c5cccc(-n6c(-c7ccc(-c8ccccc8)c8c7sc7c(-c9nc(-c%10ccccc%10)nc(-c%10ccccc%10)n9)cccc78)nc7ccccc76)c5)c4)c3)nc(-c3cccc4c3sc3c(-c5nc6ccccc6n5-c5ccccc5)ccc(-c5ccccc5)c34)n2)cc1. The Kier molecular flexibility index (Phi) is 15.7. The van der Waals surface area contributed by atoms with Crippen LogP contribution in [0.25, 0.3) is 209 Å². The Labute approximate surface area is 640 Å². The van der Waals surface area contributed by atoms with Gasteiger partial charge in [0.15, 0.2) is 34.9 Å². The van der Waals surface area contributed by atoms with Gasteiger partial charge < -0.3 is 0 Å². The van der Waals surface area contributed by atoms with E-state index in [0.29, 0.717) is 34.9 Å². The highest BCUT2D eigenvalue weighted by Gasteiger charge is 2.27. The standard InChI is InChI=1S/C98H60N10S2/c1-7-28-61(29-8-1)73-54-56-79(97-99-81-50-19-21-52-83(81)107(97)71-43-17-6-18-44-71)89-85(73)75-47-27-49-78(88(75)109-89)96-105-93(65-36-15-5-16-37-65)102-94(106-96)70-42-24-40-68(59-70)66-38-23-39-67(58-66)69-41-25-45-72(60-69)108-84-53-22-20-51-82(84)100-98(108)80-57-55-74(62-30-9-2-10-31-62)86-76-46-26-48-77(87(76)110-90(80)86)95-103-91(63-32-11-3-12-33-63)101-92(104-95)64-34-13-4-14-35-64/h1-60H. The maximum Gasteiger partial charge on any atom is 0.165 e. The second kappa shape index (κ2) is 26.9. The molecule has 6 heterocycles. The van der Waals surface area contributed by atoms with Crippen molar-refractivity contribution >= 4 is 85.1 Å². The molecule has 0 unspecified atom stereocenters. The highest BCUT2D eigenvalue weighted by molar-refractivity contribution is 7.27. The molecule has 0 aliphatic rings. The average molecular weight is 1440 g/mol. The molecule has 0 fully saturated rings. The van der Waals surface area contributed by atoms with Crippen LogP contribution in [-0.2, 0) is 0 Å². The summed E-state index contributed by atoms with van der Waals surface area (Å²) < 4.78 is 9.01. The van der Waals surface area contributed by atoms with Crippen LogP contribution < -0.4 is 0 Å². The number of rotatable bonds is 14. The molecule has 514 valence electrons. The third-order valence-corrected chi connectivity index (χ3v) is 23.2. The molecule has 0 aliphatic carbocycles. The van der Waals surface area contributed by atoms with E-state index < -0.39 is 0 Å². The summed E-state index contributed by atoms with van der Waals surface area (Å²) in [6.07, 6.45) is 0. The lowest BCUT2D eigenvalue weighted by Gasteiger charge is -2.14. The molecule has 0 bridgehead atoms. The van der Waals surface area contributed by atoms with Crippen LogP contribution in [0.15, 0.2) is 364 Å². The fourth-order valence-corrected chi connectivity index (χ4v) is 18.2. The molecule has 15 aromatic carbocycles. The van der Waals surface area contributed by atoms with Crippen LogP contribution in [0.3, 0.4) is 0 Å². The summed E-state index contributed by atoms with van der Waals surface area (Å²) in [4.78, 5) is 42.8. The van der Waals surface area contributed by atoms with E-state index in [1.165, 1.54) is 0 Å². The highest BCUT2D eigenvalue weighted by Crippen LogP contribution is 2.51. The van der Waals surface area contributed by atoms with Crippen molar-refractivity contribution in [3.8, 4) is 147 Å². The third kappa shape index (κ3) is 11.2. The van der Waals surface area contributed by atoms with E-state index in [1.54, 1.807) is 22.7 Å². The molecule has 6 aromatic heterocycles. The number of benzene rings is 15. The zero-order valence-corrected chi connectivity index (χ0v) is 60.6. The first-order valence-electron chi connectivity index (χ1n) is 36.6. The normalized spacial score (nSPS) is 11.6. The average Bonchev–Trinajstić information content (AvgIpc) is 1.57. The van der Waals surface area contributed by atoms with Crippen LogP contribution in [0.2, 0.25) is 0 Å². The minimum absolute atomic E-state index is 0.573. The zero-order valence-electron chi connectivity index (χ0n) is 58.9. The van der Waals surface area contributed by atoms with Crippen LogP contribution in [-0.4, -0.2) is 49.0 Å². The maximum atomic E-state index is 5.57. The number of aromatic nitrogens is 10. The van der Waals surface area contributed by atoms with Gasteiger partial charge in [-0.1, -0.05) is 279 Å². The number of hydrogen-bond donors (Lipinski definition) is 0. The fraction of sp³-hybridized carbons (Fsp3) is 0. The zero-order chi connectivity index (χ0) is 72.6. The molecule has 0 saturated carbocycles. The summed E-state index contributed by atoms with van der Waals surface area (Å²) in [5, 5.41) is 4.53. The largest absolute Gasteiger partial charge is 0.292 e. The van der Waals surface area contributed by atoms with E-state index in [0.717, 1.165) is 174 Å². The number of imidazole rings is 2. The predicted octanol–water partition coefficient (Wildman–Crippen LogP) is 25.5. The fourth-order valence-electron chi connectivity index (χ4n) is 15.5. The van der Waals surface area contributed by atoms with Gasteiger partial charge >= 0.3 is 0 Å². The van der Waals surface area contributed by atoms with Gasteiger partial charge in [0.2, 0.25) is 0 Å². The molecular formula is C98H60N10S2. The third-order valence-electron chi connectivity index (χ3n) is 20.7. The molecule has 0 amide bonds. The molecule has 0 aliphatic heterocycles. The van der Waals surface area contributed by atoms with Gasteiger partial charge in [-0.25, -0.2) is 39.9 Å². The minimum Gasteiger partial charge on any atom is -0.292 e. The van der Waals surface area contributed by atoms with Crippen molar-refractivity contribution in [3.05, 3.63) is 364 Å². The number of thiophene rings is 2. The van der Waals surface area contributed by atoms with Crippen molar-refractivity contribution in [2.45, 2.75) is 0 Å². The molecule has 0 atom stereocenters. The van der Waals surface area contributed by atoms with Crippen molar-refractivity contribution in [2.75, 3.05) is 0 Å². The molecule has 21 aromatic rings. The number of fused-ring (bicyclic) bond motifs is 8. The van der Waals surface area contributed by atoms with E-state index in [-0.39, 0.29) is 0 Å². The smallest absolute Gasteiger partial charge is 0.165 e. The van der Waals surface area contributed by atoms with Gasteiger partial charge in [0.05, 0.1) is 22.1 Å². The van der Waals surface area contributed by atoms with Crippen LogP contribution >= 0.6 is 22.7 Å². The maximum absolute atomic E-state index is 5.57. The predicted molar refractivity (Wildman–Crippen MR) is 453 cm³/mol. The van der Waals surface area contributed by atoms with Crippen LogP contribution in [0.5, 0.6) is 0 Å². The molecule has 0 spiro atoms. The van der Waals surface area contributed by atoms with Crippen molar-refractivity contribution < 1.29 is 0 Å². The Balaban J connectivity index is 0.672. The highest BCUT2D eigenvalue weighted by atomic mass is 32.1. The molecular weight excluding hydrogens is 1380 g/mol. The lowest BCUT2D eigenvalue weighted by molar-refractivity contribution is 1.08. The second-order valence-corrected chi connectivity index (χ2v) is 29.3. The van der Waals surface area contributed by atoms with Crippen molar-refractivity contribution in [3.63, 3.8) is 0 Å². The number of nitrogens with zero attached hydrogens (tertiary/aromatic N) is 10. The van der Waals surface area contributed by atoms with Crippen molar-refractivity contribution in [1.82, 2.24) is 49.0 Å². The summed E-state index contributed by atoms with van der Waals surface area (Å²) >= 11 is 3.53. The number of para-hydroxylation sites is 5. The summed E-state index contributed by atoms with van der Waals surface area (Å²) in [6.45, 7) is 0. The molecule has 0 radical (unpaired) electrons. The first kappa shape index (κ1) is 64.1. The lowest BCUT2D eigenvalue weighted by Crippen LogP contribution is -2.00. The first-order chi connectivity index (χ1) is 54.5. The quantitative estimate of drug-likeness (QED) is 0.106. The Morgan fingerprint density at radius 2 is 0.500 bits per heavy atom. The Morgan fingerprint density at radius 3 is 0.945 bits per heavy atom. The molecule has 0 N–H and O–H groups in total. The van der Waals surface area contributed by atoms with E-state index in [4.69, 9.17) is 39.9 Å². The van der Waals surface area contributed by atoms with Crippen LogP contribution in [0, 0.1) is 0 Å². The Bertz CT molecular complexity index is 7080. The molecule has 21 rings (SSSR count). The Hall–Kier alpha value is -14.3. The van der Waals surface area contributed by atoms with Crippen LogP contribution in [0.1, 0.15) is 0 Å². The van der Waals surface area contributed by atoms with Gasteiger partial charge in [-0.15, -0.1) is 22.7 Å². The van der Waals surface area contributed by atoms with Gasteiger partial charge in [0.1, 0.15) is 11.6 Å². The van der Waals surface area contributed by atoms with Gasteiger partial charge in [0.25, 0.3) is 0 Å². The van der Waals surface area contributed by atoms with Crippen molar-refractivity contribution in [1.29, 1.82) is 0 Å². The first-order valence-corrected chi connectivity index (χ1v) is 38.3. The summed E-state index contributed by atoms with van der Waals surface area (Å²) in [5.41, 5.74) is 22.2. The molecule has 110 heavy (non-hydrogen) atoms. The Morgan fingerprint density at radius 1 is 0.191 bits per heavy atom. The summed E-state index contributed by atoms with van der Waals surface area (Å²) in [5.74, 6) is 5.30. The molecule has 0 saturated heterocycles. The topological polar surface area (TPSA) is 113 Å². The van der Waals surface area contributed by atoms with E-state index in [2.05, 4.69) is 319 Å². The lowest BCUT2D eigenvalue weighted by atomic mass is 9.96. The second-order valence-electron chi connectivity index (χ2n) is 27.3. The van der Waals surface area contributed by atoms with Gasteiger partial charge in [-0.3, -0.25) is 9.13 Å². The van der Waals surface area contributed by atoms with Gasteiger partial charge in [-0.05, 0) is 129 Å².